The number of halogens is 2. The molecule has 0 aliphatic heterocycles. The lowest BCUT2D eigenvalue weighted by Gasteiger charge is -2.17. The highest BCUT2D eigenvalue weighted by molar-refractivity contribution is 6.30. The molecule has 0 aromatic heterocycles. The minimum absolute atomic E-state index is 0.0366. The molecule has 0 aliphatic rings. The van der Waals surface area contributed by atoms with E-state index in [4.69, 9.17) is 17.4 Å². The van der Waals surface area contributed by atoms with E-state index in [-0.39, 0.29) is 16.9 Å². The number of nitrogens with two attached hydrogens (primary N) is 1. The number of nitrogens with one attached hydrogen (secondary N) is 1. The van der Waals surface area contributed by atoms with Crippen LogP contribution in [0.15, 0.2) is 42.5 Å². The predicted octanol–water partition coefficient (Wildman–Crippen LogP) is 3.66. The van der Waals surface area contributed by atoms with Crippen LogP contribution in [0.2, 0.25) is 5.02 Å². The largest absolute Gasteiger partial charge is 0.271 e. The lowest BCUT2D eigenvalue weighted by Crippen LogP contribution is -2.38. The normalized spacial score (nSPS) is 12.4. The van der Waals surface area contributed by atoms with Crippen molar-refractivity contribution in [3.63, 3.8) is 0 Å². The standard InChI is InChI=1S/C17H20ClFN2/c1-2-12-6-8-13(9-7-12)10-15(21-20)11-14-4-3-5-16(18)17(14)19/h3-9,15,21H,2,10-11,20H2,1H3. The Labute approximate surface area is 130 Å². The van der Waals surface area contributed by atoms with Crippen molar-refractivity contribution in [2.24, 2.45) is 5.84 Å². The first-order chi connectivity index (χ1) is 10.1. The molecule has 0 spiro atoms. The van der Waals surface area contributed by atoms with Gasteiger partial charge in [0.05, 0.1) is 5.02 Å². The van der Waals surface area contributed by atoms with Gasteiger partial charge in [0.1, 0.15) is 5.82 Å². The second kappa shape index (κ2) is 7.55. The van der Waals surface area contributed by atoms with Crippen molar-refractivity contribution in [2.75, 3.05) is 0 Å². The molecular weight excluding hydrogens is 287 g/mol. The Bertz CT molecular complexity index is 584. The molecule has 2 rings (SSSR count). The van der Waals surface area contributed by atoms with Crippen molar-refractivity contribution in [1.82, 2.24) is 5.43 Å². The molecule has 21 heavy (non-hydrogen) atoms. The second-order valence-electron chi connectivity index (χ2n) is 5.15. The van der Waals surface area contributed by atoms with Crippen LogP contribution in [0.5, 0.6) is 0 Å². The predicted molar refractivity (Wildman–Crippen MR) is 85.7 cm³/mol. The van der Waals surface area contributed by atoms with Gasteiger partial charge >= 0.3 is 0 Å². The zero-order valence-electron chi connectivity index (χ0n) is 12.1. The minimum atomic E-state index is -0.360. The van der Waals surface area contributed by atoms with E-state index in [0.717, 1.165) is 12.8 Å². The van der Waals surface area contributed by atoms with Crippen molar-refractivity contribution < 1.29 is 4.39 Å². The third-order valence-electron chi connectivity index (χ3n) is 3.65. The van der Waals surface area contributed by atoms with Crippen molar-refractivity contribution >= 4 is 11.6 Å². The van der Waals surface area contributed by atoms with Crippen LogP contribution < -0.4 is 11.3 Å². The molecule has 0 saturated carbocycles. The van der Waals surface area contributed by atoms with Crippen LogP contribution in [0, 0.1) is 5.82 Å². The van der Waals surface area contributed by atoms with E-state index in [1.165, 1.54) is 11.1 Å². The van der Waals surface area contributed by atoms with E-state index < -0.39 is 0 Å². The Balaban J connectivity index is 2.07. The molecule has 0 amide bonds. The lowest BCUT2D eigenvalue weighted by atomic mass is 9.98. The van der Waals surface area contributed by atoms with Crippen LogP contribution in [-0.4, -0.2) is 6.04 Å². The van der Waals surface area contributed by atoms with Crippen molar-refractivity contribution in [3.8, 4) is 0 Å². The van der Waals surface area contributed by atoms with Crippen molar-refractivity contribution in [1.29, 1.82) is 0 Å². The first kappa shape index (κ1) is 16.0. The van der Waals surface area contributed by atoms with Crippen molar-refractivity contribution in [3.05, 3.63) is 70.0 Å². The summed E-state index contributed by atoms with van der Waals surface area (Å²) in [5.74, 6) is 5.25. The number of hydrogen-bond donors (Lipinski definition) is 2. The Morgan fingerprint density at radius 1 is 1.10 bits per heavy atom. The first-order valence-corrected chi connectivity index (χ1v) is 7.48. The van der Waals surface area contributed by atoms with E-state index in [2.05, 4.69) is 36.6 Å². The van der Waals surface area contributed by atoms with E-state index in [1.54, 1.807) is 18.2 Å². The van der Waals surface area contributed by atoms with Gasteiger partial charge in [-0.25, -0.2) is 4.39 Å². The molecule has 4 heteroatoms. The number of hydrazine groups is 1. The second-order valence-corrected chi connectivity index (χ2v) is 5.56. The van der Waals surface area contributed by atoms with Gasteiger partial charge in [-0.15, -0.1) is 0 Å². The van der Waals surface area contributed by atoms with Gasteiger partial charge in [-0.1, -0.05) is 54.9 Å². The molecule has 3 N–H and O–H groups in total. The Hall–Kier alpha value is -1.42. The maximum Gasteiger partial charge on any atom is 0.145 e. The Kier molecular flexibility index (Phi) is 5.74. The summed E-state index contributed by atoms with van der Waals surface area (Å²) in [6.45, 7) is 2.13. The molecule has 2 nitrogen and oxygen atoms in total. The summed E-state index contributed by atoms with van der Waals surface area (Å²) in [5, 5.41) is 0.149. The first-order valence-electron chi connectivity index (χ1n) is 7.10. The third-order valence-corrected chi connectivity index (χ3v) is 3.94. The molecule has 0 radical (unpaired) electrons. The molecule has 2 aromatic carbocycles. The van der Waals surface area contributed by atoms with Crippen LogP contribution in [-0.2, 0) is 19.3 Å². The fourth-order valence-electron chi connectivity index (χ4n) is 2.36. The van der Waals surface area contributed by atoms with Crippen LogP contribution in [0.4, 0.5) is 4.39 Å². The maximum absolute atomic E-state index is 13.9. The summed E-state index contributed by atoms with van der Waals surface area (Å²) in [6, 6.07) is 13.4. The third kappa shape index (κ3) is 4.27. The Morgan fingerprint density at radius 2 is 1.76 bits per heavy atom. The molecule has 0 saturated heterocycles. The smallest absolute Gasteiger partial charge is 0.145 e. The van der Waals surface area contributed by atoms with Crippen LogP contribution in [0.1, 0.15) is 23.6 Å². The molecule has 0 heterocycles. The van der Waals surface area contributed by atoms with Crippen molar-refractivity contribution in [2.45, 2.75) is 32.2 Å². The fourth-order valence-corrected chi connectivity index (χ4v) is 2.55. The van der Waals surface area contributed by atoms with Gasteiger partial charge in [0, 0.05) is 6.04 Å². The van der Waals surface area contributed by atoms with E-state index in [0.29, 0.717) is 12.0 Å². The highest BCUT2D eigenvalue weighted by atomic mass is 35.5. The molecule has 0 bridgehead atoms. The Morgan fingerprint density at radius 3 is 2.38 bits per heavy atom. The monoisotopic (exact) mass is 306 g/mol. The van der Waals surface area contributed by atoms with Gasteiger partial charge in [-0.3, -0.25) is 11.3 Å². The molecule has 1 unspecified atom stereocenters. The van der Waals surface area contributed by atoms with Gasteiger partial charge in [-0.05, 0) is 42.0 Å². The van der Waals surface area contributed by atoms with Gasteiger partial charge in [-0.2, -0.15) is 0 Å². The maximum atomic E-state index is 13.9. The lowest BCUT2D eigenvalue weighted by molar-refractivity contribution is 0.506. The number of benzene rings is 2. The summed E-state index contributed by atoms with van der Waals surface area (Å²) in [6.07, 6.45) is 2.26. The molecule has 0 aliphatic carbocycles. The van der Waals surface area contributed by atoms with E-state index >= 15 is 0 Å². The summed E-state index contributed by atoms with van der Waals surface area (Å²) >= 11 is 5.81. The molecule has 1 atom stereocenters. The van der Waals surface area contributed by atoms with Gasteiger partial charge in [0.15, 0.2) is 0 Å². The summed E-state index contributed by atoms with van der Waals surface area (Å²) in [5.41, 5.74) is 5.82. The highest BCUT2D eigenvalue weighted by Crippen LogP contribution is 2.20. The van der Waals surface area contributed by atoms with Gasteiger partial charge in [0.2, 0.25) is 0 Å². The zero-order valence-corrected chi connectivity index (χ0v) is 12.8. The fraction of sp³-hybridized carbons (Fsp3) is 0.294. The number of aryl methyl sites for hydroxylation is 1. The minimum Gasteiger partial charge on any atom is -0.271 e. The molecule has 2 aromatic rings. The number of rotatable bonds is 6. The van der Waals surface area contributed by atoms with Gasteiger partial charge < -0.3 is 0 Å². The average molecular weight is 307 g/mol. The van der Waals surface area contributed by atoms with E-state index in [9.17, 15) is 4.39 Å². The summed E-state index contributed by atoms with van der Waals surface area (Å²) in [4.78, 5) is 0. The average Bonchev–Trinajstić information content (AvgIpc) is 2.51. The highest BCUT2D eigenvalue weighted by Gasteiger charge is 2.13. The van der Waals surface area contributed by atoms with Crippen LogP contribution in [0.3, 0.4) is 0 Å². The summed E-state index contributed by atoms with van der Waals surface area (Å²) < 4.78 is 13.9. The van der Waals surface area contributed by atoms with Crippen LogP contribution >= 0.6 is 11.6 Å². The number of hydrogen-bond acceptors (Lipinski definition) is 2. The SMILES string of the molecule is CCc1ccc(CC(Cc2cccc(Cl)c2F)NN)cc1. The molecule has 0 fully saturated rings. The van der Waals surface area contributed by atoms with Crippen LogP contribution in [0.25, 0.3) is 0 Å². The quantitative estimate of drug-likeness (QED) is 0.631. The topological polar surface area (TPSA) is 38.0 Å². The molecular formula is C17H20ClFN2. The van der Waals surface area contributed by atoms with E-state index in [1.807, 2.05) is 0 Å². The summed E-state index contributed by atoms with van der Waals surface area (Å²) in [7, 11) is 0. The molecule has 112 valence electrons. The van der Waals surface area contributed by atoms with Gasteiger partial charge in [0.25, 0.3) is 0 Å². The zero-order chi connectivity index (χ0) is 15.2.